The fourth-order valence-electron chi connectivity index (χ4n) is 1.59. The van der Waals surface area contributed by atoms with E-state index in [-0.39, 0.29) is 17.1 Å². The van der Waals surface area contributed by atoms with Crippen molar-refractivity contribution in [2.75, 3.05) is 5.32 Å². The summed E-state index contributed by atoms with van der Waals surface area (Å²) in [5.41, 5.74) is 1.10. The average Bonchev–Trinajstić information content (AvgIpc) is 2.41. The van der Waals surface area contributed by atoms with E-state index in [4.69, 9.17) is 5.11 Å². The van der Waals surface area contributed by atoms with Gasteiger partial charge in [-0.2, -0.15) is 0 Å². The van der Waals surface area contributed by atoms with Gasteiger partial charge in [-0.05, 0) is 24.3 Å². The molecule has 2 aromatic rings. The lowest BCUT2D eigenvalue weighted by Crippen LogP contribution is -2.05. The number of aromatic hydroxyl groups is 1. The maximum absolute atomic E-state index is 11.3. The number of rotatable bonds is 4. The van der Waals surface area contributed by atoms with Crippen LogP contribution < -0.4 is 10.7 Å². The standard InChI is InChI=1S/C14H14N2O3S/c1-9(17)16-10-2-4-12(5-3-10)20-8-11-6-13(18)14(19)7-15-11/h2-7,19H,8H2,1H3,(H,15,18)(H,16,17). The van der Waals surface area contributed by atoms with Crippen LogP contribution in [0.25, 0.3) is 0 Å². The third-order valence-corrected chi connectivity index (χ3v) is 3.58. The molecule has 0 spiro atoms. The van der Waals surface area contributed by atoms with Gasteiger partial charge in [-0.1, -0.05) is 0 Å². The van der Waals surface area contributed by atoms with Crippen LogP contribution in [0, 0.1) is 0 Å². The number of amides is 1. The van der Waals surface area contributed by atoms with E-state index in [9.17, 15) is 9.59 Å². The first-order valence-corrected chi connectivity index (χ1v) is 6.94. The molecule has 0 unspecified atom stereocenters. The van der Waals surface area contributed by atoms with Crippen molar-refractivity contribution in [1.82, 2.24) is 4.98 Å². The van der Waals surface area contributed by atoms with E-state index in [1.165, 1.54) is 19.2 Å². The number of hydrogen-bond acceptors (Lipinski definition) is 4. The third-order valence-electron chi connectivity index (χ3n) is 2.52. The monoisotopic (exact) mass is 290 g/mol. The van der Waals surface area contributed by atoms with Gasteiger partial charge in [0.25, 0.3) is 0 Å². The smallest absolute Gasteiger partial charge is 0.223 e. The normalized spacial score (nSPS) is 10.2. The van der Waals surface area contributed by atoms with Crippen molar-refractivity contribution in [3.8, 4) is 5.75 Å². The number of pyridine rings is 1. The summed E-state index contributed by atoms with van der Waals surface area (Å²) in [6.07, 6.45) is 1.29. The molecular formula is C14H14N2O3S. The van der Waals surface area contributed by atoms with Crippen LogP contribution in [0.2, 0.25) is 0 Å². The maximum Gasteiger partial charge on any atom is 0.223 e. The Morgan fingerprint density at radius 3 is 2.65 bits per heavy atom. The molecule has 1 heterocycles. The van der Waals surface area contributed by atoms with E-state index < -0.39 is 0 Å². The molecule has 0 radical (unpaired) electrons. The molecule has 0 saturated heterocycles. The van der Waals surface area contributed by atoms with Crippen LogP contribution in [0.15, 0.2) is 46.2 Å². The van der Waals surface area contributed by atoms with Gasteiger partial charge in [-0.3, -0.25) is 9.59 Å². The summed E-state index contributed by atoms with van der Waals surface area (Å²) in [5, 5.41) is 11.8. The molecule has 0 aliphatic rings. The van der Waals surface area contributed by atoms with Crippen LogP contribution in [-0.2, 0) is 10.5 Å². The Kier molecular flexibility index (Phi) is 4.47. The molecule has 0 aliphatic heterocycles. The second-order valence-electron chi connectivity index (χ2n) is 4.20. The lowest BCUT2D eigenvalue weighted by atomic mass is 10.3. The van der Waals surface area contributed by atoms with Crippen LogP contribution in [0.1, 0.15) is 12.6 Å². The highest BCUT2D eigenvalue weighted by atomic mass is 32.2. The second kappa shape index (κ2) is 6.29. The first kappa shape index (κ1) is 14.2. The number of hydrogen-bond donors (Lipinski definition) is 3. The zero-order valence-electron chi connectivity index (χ0n) is 10.8. The largest absolute Gasteiger partial charge is 0.503 e. The second-order valence-corrected chi connectivity index (χ2v) is 5.25. The van der Waals surface area contributed by atoms with Gasteiger partial charge in [0.05, 0.1) is 0 Å². The summed E-state index contributed by atoms with van der Waals surface area (Å²) in [5.74, 6) is 0.208. The summed E-state index contributed by atoms with van der Waals surface area (Å²) in [4.78, 5) is 26.1. The Bertz CT molecular complexity index is 665. The number of thioether (sulfide) groups is 1. The average molecular weight is 290 g/mol. The molecule has 5 nitrogen and oxygen atoms in total. The number of carbonyl (C=O) groups excluding carboxylic acids is 1. The third kappa shape index (κ3) is 3.89. The molecule has 104 valence electrons. The number of nitrogens with one attached hydrogen (secondary N) is 2. The van der Waals surface area contributed by atoms with Crippen molar-refractivity contribution in [1.29, 1.82) is 0 Å². The van der Waals surface area contributed by atoms with Crippen LogP contribution >= 0.6 is 11.8 Å². The molecule has 0 fully saturated rings. The highest BCUT2D eigenvalue weighted by Crippen LogP contribution is 2.23. The zero-order valence-corrected chi connectivity index (χ0v) is 11.7. The minimum atomic E-state index is -0.389. The quantitative estimate of drug-likeness (QED) is 0.755. The van der Waals surface area contributed by atoms with Gasteiger partial charge < -0.3 is 15.4 Å². The summed E-state index contributed by atoms with van der Waals surface area (Å²) in [6, 6.07) is 8.82. The van der Waals surface area contributed by atoms with Crippen LogP contribution in [0.4, 0.5) is 5.69 Å². The summed E-state index contributed by atoms with van der Waals surface area (Å²) in [6.45, 7) is 1.46. The number of aromatic nitrogens is 1. The first-order valence-electron chi connectivity index (χ1n) is 5.95. The van der Waals surface area contributed by atoms with Crippen LogP contribution in [0.3, 0.4) is 0 Å². The fourth-order valence-corrected chi connectivity index (χ4v) is 2.41. The molecule has 1 amide bonds. The van der Waals surface area contributed by atoms with Gasteiger partial charge in [0.2, 0.25) is 11.3 Å². The Balaban J connectivity index is 1.98. The van der Waals surface area contributed by atoms with Gasteiger partial charge in [0.15, 0.2) is 5.75 Å². The first-order chi connectivity index (χ1) is 9.54. The number of aromatic amines is 1. The van der Waals surface area contributed by atoms with Crippen molar-refractivity contribution in [3.63, 3.8) is 0 Å². The predicted molar refractivity (Wildman–Crippen MR) is 79.0 cm³/mol. The molecule has 1 aromatic carbocycles. The topological polar surface area (TPSA) is 82.2 Å². The SMILES string of the molecule is CC(=O)Nc1ccc(SCc2cc(=O)c(O)c[nH]2)cc1. The number of carbonyl (C=O) groups is 1. The molecule has 3 N–H and O–H groups in total. The highest BCUT2D eigenvalue weighted by Gasteiger charge is 2.01. The lowest BCUT2D eigenvalue weighted by Gasteiger charge is -2.05. The predicted octanol–water partition coefficient (Wildman–Crippen LogP) is 2.33. The zero-order chi connectivity index (χ0) is 14.5. The Morgan fingerprint density at radius 2 is 2.05 bits per heavy atom. The maximum atomic E-state index is 11.3. The lowest BCUT2D eigenvalue weighted by molar-refractivity contribution is -0.114. The highest BCUT2D eigenvalue weighted by molar-refractivity contribution is 7.98. The molecule has 0 atom stereocenters. The molecule has 2 rings (SSSR count). The Hall–Kier alpha value is -2.21. The van der Waals surface area contributed by atoms with Crippen molar-refractivity contribution < 1.29 is 9.90 Å². The van der Waals surface area contributed by atoms with Crippen molar-refractivity contribution in [2.24, 2.45) is 0 Å². The number of benzene rings is 1. The molecule has 20 heavy (non-hydrogen) atoms. The van der Waals surface area contributed by atoms with E-state index in [2.05, 4.69) is 10.3 Å². The van der Waals surface area contributed by atoms with Gasteiger partial charge >= 0.3 is 0 Å². The molecule has 0 aliphatic carbocycles. The van der Waals surface area contributed by atoms with Gasteiger partial charge in [-0.25, -0.2) is 0 Å². The van der Waals surface area contributed by atoms with E-state index in [0.29, 0.717) is 5.75 Å². The van der Waals surface area contributed by atoms with E-state index >= 15 is 0 Å². The van der Waals surface area contributed by atoms with Crippen LogP contribution in [-0.4, -0.2) is 16.0 Å². The van der Waals surface area contributed by atoms with E-state index in [1.54, 1.807) is 11.8 Å². The molecule has 0 saturated carbocycles. The summed E-state index contributed by atoms with van der Waals surface area (Å²) >= 11 is 1.55. The Labute approximate surface area is 120 Å². The van der Waals surface area contributed by atoms with Crippen molar-refractivity contribution in [2.45, 2.75) is 17.6 Å². The van der Waals surface area contributed by atoms with Crippen molar-refractivity contribution in [3.05, 3.63) is 52.4 Å². The molecular weight excluding hydrogens is 276 g/mol. The van der Waals surface area contributed by atoms with Gasteiger partial charge in [0, 0.05) is 41.2 Å². The molecule has 0 bridgehead atoms. The van der Waals surface area contributed by atoms with Crippen LogP contribution in [0.5, 0.6) is 5.75 Å². The minimum Gasteiger partial charge on any atom is -0.503 e. The minimum absolute atomic E-state index is 0.105. The summed E-state index contributed by atoms with van der Waals surface area (Å²) < 4.78 is 0. The molecule has 1 aromatic heterocycles. The van der Waals surface area contributed by atoms with Gasteiger partial charge in [0.1, 0.15) is 0 Å². The summed E-state index contributed by atoms with van der Waals surface area (Å²) in [7, 11) is 0. The van der Waals surface area contributed by atoms with Crippen molar-refractivity contribution >= 4 is 23.4 Å². The van der Waals surface area contributed by atoms with Gasteiger partial charge in [-0.15, -0.1) is 11.8 Å². The Morgan fingerprint density at radius 1 is 1.35 bits per heavy atom. The van der Waals surface area contributed by atoms with E-state index in [0.717, 1.165) is 16.3 Å². The fraction of sp³-hybridized carbons (Fsp3) is 0.143. The molecule has 6 heteroatoms. The number of H-pyrrole nitrogens is 1. The van der Waals surface area contributed by atoms with E-state index in [1.807, 2.05) is 24.3 Å². The number of anilines is 1.